The summed E-state index contributed by atoms with van der Waals surface area (Å²) in [7, 11) is 1.41. The summed E-state index contributed by atoms with van der Waals surface area (Å²) in [5.74, 6) is -0.266. The summed E-state index contributed by atoms with van der Waals surface area (Å²) >= 11 is 0. The largest absolute Gasteiger partial charge is 0.464 e. The Morgan fingerprint density at radius 1 is 1.36 bits per heavy atom. The Hall–Kier alpha value is -1.25. The van der Waals surface area contributed by atoms with Crippen LogP contribution in [0.4, 0.5) is 0 Å². The van der Waals surface area contributed by atoms with Crippen molar-refractivity contribution in [3.63, 3.8) is 0 Å². The summed E-state index contributed by atoms with van der Waals surface area (Å²) in [5.41, 5.74) is 3.12. The Labute approximate surface area is 83.5 Å². The third kappa shape index (κ3) is 1.67. The van der Waals surface area contributed by atoms with Gasteiger partial charge in [0.15, 0.2) is 0 Å². The van der Waals surface area contributed by atoms with Crippen LogP contribution in [0.1, 0.15) is 41.0 Å². The van der Waals surface area contributed by atoms with Gasteiger partial charge in [0.2, 0.25) is 0 Å². The number of aromatic nitrogens is 1. The lowest BCUT2D eigenvalue weighted by atomic mass is 10.1. The van der Waals surface area contributed by atoms with E-state index < -0.39 is 0 Å². The van der Waals surface area contributed by atoms with Gasteiger partial charge in [0.1, 0.15) is 5.69 Å². The topological polar surface area (TPSA) is 42.1 Å². The third-order valence-electron chi connectivity index (χ3n) is 2.77. The average Bonchev–Trinajstić information content (AvgIpc) is 2.49. The number of carbonyl (C=O) groups is 1. The number of aryl methyl sites for hydroxylation is 2. The first-order valence-corrected chi connectivity index (χ1v) is 5.10. The zero-order valence-corrected chi connectivity index (χ0v) is 8.43. The highest BCUT2D eigenvalue weighted by Gasteiger charge is 2.15. The molecule has 0 amide bonds. The summed E-state index contributed by atoms with van der Waals surface area (Å²) in [6, 6.07) is 1.94. The Balaban J connectivity index is 2.26. The first-order chi connectivity index (χ1) is 6.81. The van der Waals surface area contributed by atoms with Crippen molar-refractivity contribution in [1.82, 2.24) is 4.98 Å². The van der Waals surface area contributed by atoms with Crippen LogP contribution in [0.25, 0.3) is 0 Å². The SMILES string of the molecule is COC(=O)c1cc2c([nH]1)CCCCC2. The van der Waals surface area contributed by atoms with Crippen molar-refractivity contribution < 1.29 is 9.53 Å². The van der Waals surface area contributed by atoms with Crippen LogP contribution in [-0.2, 0) is 17.6 Å². The quantitative estimate of drug-likeness (QED) is 0.548. The smallest absolute Gasteiger partial charge is 0.354 e. The number of aromatic amines is 1. The standard InChI is InChI=1S/C11H15NO2/c1-14-11(13)10-7-8-5-3-2-4-6-9(8)12-10/h7,12H,2-6H2,1H3. The molecule has 0 bridgehead atoms. The number of esters is 1. The minimum absolute atomic E-state index is 0.266. The first-order valence-electron chi connectivity index (χ1n) is 5.10. The molecular weight excluding hydrogens is 178 g/mol. The van der Waals surface area contributed by atoms with Crippen LogP contribution in [0.2, 0.25) is 0 Å². The van der Waals surface area contributed by atoms with E-state index in [2.05, 4.69) is 9.72 Å². The second-order valence-corrected chi connectivity index (χ2v) is 3.74. The molecule has 1 N–H and O–H groups in total. The van der Waals surface area contributed by atoms with E-state index in [1.807, 2.05) is 6.07 Å². The van der Waals surface area contributed by atoms with E-state index in [0.29, 0.717) is 5.69 Å². The fourth-order valence-corrected chi connectivity index (χ4v) is 2.00. The molecule has 1 aliphatic rings. The number of carbonyl (C=O) groups excluding carboxylic acids is 1. The number of hydrogen-bond donors (Lipinski definition) is 1. The number of rotatable bonds is 1. The maximum Gasteiger partial charge on any atom is 0.354 e. The second kappa shape index (κ2) is 3.86. The minimum atomic E-state index is -0.266. The molecule has 0 fully saturated rings. The lowest BCUT2D eigenvalue weighted by Crippen LogP contribution is -2.01. The Kier molecular flexibility index (Phi) is 2.57. The molecule has 1 aromatic heterocycles. The Morgan fingerprint density at radius 2 is 2.14 bits per heavy atom. The van der Waals surface area contributed by atoms with Crippen LogP contribution in [0, 0.1) is 0 Å². The number of ether oxygens (including phenoxy) is 1. The zero-order valence-electron chi connectivity index (χ0n) is 8.43. The second-order valence-electron chi connectivity index (χ2n) is 3.74. The molecule has 0 aromatic carbocycles. The Morgan fingerprint density at radius 3 is 2.93 bits per heavy atom. The van der Waals surface area contributed by atoms with Crippen LogP contribution in [0.5, 0.6) is 0 Å². The van der Waals surface area contributed by atoms with E-state index in [0.717, 1.165) is 12.8 Å². The molecule has 76 valence electrons. The van der Waals surface area contributed by atoms with Gasteiger partial charge in [-0.1, -0.05) is 6.42 Å². The molecule has 0 spiro atoms. The lowest BCUT2D eigenvalue weighted by Gasteiger charge is -1.95. The molecule has 0 aliphatic heterocycles. The molecule has 0 unspecified atom stereocenters. The number of nitrogens with one attached hydrogen (secondary N) is 1. The highest BCUT2D eigenvalue weighted by atomic mass is 16.5. The normalized spacial score (nSPS) is 15.8. The van der Waals surface area contributed by atoms with E-state index >= 15 is 0 Å². The zero-order chi connectivity index (χ0) is 9.97. The van der Waals surface area contributed by atoms with Crippen LogP contribution >= 0.6 is 0 Å². The van der Waals surface area contributed by atoms with Crippen molar-refractivity contribution in [3.8, 4) is 0 Å². The van der Waals surface area contributed by atoms with Gasteiger partial charge in [-0.05, 0) is 37.3 Å². The molecule has 1 heterocycles. The molecule has 14 heavy (non-hydrogen) atoms. The van der Waals surface area contributed by atoms with Crippen molar-refractivity contribution in [2.24, 2.45) is 0 Å². The van der Waals surface area contributed by atoms with E-state index in [1.54, 1.807) is 0 Å². The predicted molar refractivity (Wildman–Crippen MR) is 53.4 cm³/mol. The van der Waals surface area contributed by atoms with Crippen molar-refractivity contribution in [2.75, 3.05) is 7.11 Å². The van der Waals surface area contributed by atoms with Crippen molar-refractivity contribution in [3.05, 3.63) is 23.0 Å². The fourth-order valence-electron chi connectivity index (χ4n) is 2.00. The molecule has 1 aliphatic carbocycles. The maximum absolute atomic E-state index is 11.3. The van der Waals surface area contributed by atoms with Gasteiger partial charge in [0.05, 0.1) is 7.11 Å². The predicted octanol–water partition coefficient (Wildman–Crippen LogP) is 2.07. The van der Waals surface area contributed by atoms with Crippen LogP contribution in [0.3, 0.4) is 0 Å². The van der Waals surface area contributed by atoms with Crippen LogP contribution < -0.4 is 0 Å². The minimum Gasteiger partial charge on any atom is -0.464 e. The summed E-state index contributed by atoms with van der Waals surface area (Å²) in [4.78, 5) is 14.4. The highest BCUT2D eigenvalue weighted by molar-refractivity contribution is 5.87. The van der Waals surface area contributed by atoms with Gasteiger partial charge in [0.25, 0.3) is 0 Å². The van der Waals surface area contributed by atoms with Crippen LogP contribution in [-0.4, -0.2) is 18.1 Å². The van der Waals surface area contributed by atoms with E-state index in [9.17, 15) is 4.79 Å². The Bertz CT molecular complexity index is 318. The average molecular weight is 193 g/mol. The summed E-state index contributed by atoms with van der Waals surface area (Å²) in [5, 5.41) is 0. The van der Waals surface area contributed by atoms with Gasteiger partial charge in [-0.15, -0.1) is 0 Å². The molecule has 3 nitrogen and oxygen atoms in total. The van der Waals surface area contributed by atoms with Crippen molar-refractivity contribution in [2.45, 2.75) is 32.1 Å². The van der Waals surface area contributed by atoms with E-state index in [4.69, 9.17) is 0 Å². The van der Waals surface area contributed by atoms with Crippen LogP contribution in [0.15, 0.2) is 6.07 Å². The number of methoxy groups -OCH3 is 1. The first kappa shape index (κ1) is 9.31. The fraction of sp³-hybridized carbons (Fsp3) is 0.545. The molecule has 0 saturated carbocycles. The summed E-state index contributed by atoms with van der Waals surface area (Å²) in [6.45, 7) is 0. The molecule has 0 atom stereocenters. The van der Waals surface area contributed by atoms with Crippen molar-refractivity contribution in [1.29, 1.82) is 0 Å². The van der Waals surface area contributed by atoms with Gasteiger partial charge in [-0.25, -0.2) is 4.79 Å². The van der Waals surface area contributed by atoms with E-state index in [-0.39, 0.29) is 5.97 Å². The molecule has 2 rings (SSSR count). The number of fused-ring (bicyclic) bond motifs is 1. The molecule has 0 radical (unpaired) electrons. The maximum atomic E-state index is 11.3. The van der Waals surface area contributed by atoms with Gasteiger partial charge in [0, 0.05) is 5.69 Å². The number of H-pyrrole nitrogens is 1. The third-order valence-corrected chi connectivity index (χ3v) is 2.77. The monoisotopic (exact) mass is 193 g/mol. The van der Waals surface area contributed by atoms with Gasteiger partial charge in [-0.3, -0.25) is 0 Å². The lowest BCUT2D eigenvalue weighted by molar-refractivity contribution is 0.0594. The number of hydrogen-bond acceptors (Lipinski definition) is 2. The molecule has 1 aromatic rings. The molecular formula is C11H15NO2. The van der Waals surface area contributed by atoms with Gasteiger partial charge < -0.3 is 9.72 Å². The molecule has 0 saturated heterocycles. The molecule has 3 heteroatoms. The van der Waals surface area contributed by atoms with Gasteiger partial charge in [-0.2, -0.15) is 0 Å². The summed E-state index contributed by atoms with van der Waals surface area (Å²) in [6.07, 6.45) is 5.88. The van der Waals surface area contributed by atoms with E-state index in [1.165, 1.54) is 37.6 Å². The van der Waals surface area contributed by atoms with Gasteiger partial charge >= 0.3 is 5.97 Å². The van der Waals surface area contributed by atoms with Crippen molar-refractivity contribution >= 4 is 5.97 Å². The highest BCUT2D eigenvalue weighted by Crippen LogP contribution is 2.21. The summed E-state index contributed by atoms with van der Waals surface area (Å²) < 4.78 is 4.68.